The molecular weight excluding hydrogens is 532 g/mol. The Morgan fingerprint density at radius 2 is 1.75 bits per heavy atom. The molecule has 3 aromatic heterocycles. The fourth-order valence-electron chi connectivity index (χ4n) is 4.28. The van der Waals surface area contributed by atoms with Crippen LogP contribution in [0.5, 0.6) is 5.75 Å². The third-order valence-corrected chi connectivity index (χ3v) is 6.41. The molecule has 0 radical (unpaired) electrons. The lowest BCUT2D eigenvalue weighted by molar-refractivity contribution is -0.120. The van der Waals surface area contributed by atoms with Gasteiger partial charge in [-0.05, 0) is 61.4 Å². The van der Waals surface area contributed by atoms with E-state index in [9.17, 15) is 14.4 Å². The molecule has 5 aromatic rings. The number of benzene rings is 2. The largest absolute Gasteiger partial charge is 0.484 e. The Hall–Kier alpha value is -4.76. The molecule has 0 aliphatic carbocycles. The second-order valence-corrected chi connectivity index (χ2v) is 9.26. The summed E-state index contributed by atoms with van der Waals surface area (Å²) in [4.78, 5) is 48.7. The third-order valence-electron chi connectivity index (χ3n) is 6.16. The molecule has 9 nitrogen and oxygen atoms in total. The highest BCUT2D eigenvalue weighted by molar-refractivity contribution is 6.30. The molecule has 202 valence electrons. The molecule has 40 heavy (non-hydrogen) atoms. The van der Waals surface area contributed by atoms with E-state index in [2.05, 4.69) is 4.99 Å². The fourth-order valence-corrected chi connectivity index (χ4v) is 4.41. The Bertz CT molecular complexity index is 1830. The van der Waals surface area contributed by atoms with Crippen LogP contribution in [0.4, 0.5) is 0 Å². The molecule has 10 heteroatoms. The first-order valence-corrected chi connectivity index (χ1v) is 13.0. The molecule has 0 N–H and O–H groups in total. The smallest absolute Gasteiger partial charge is 0.341 e. The highest BCUT2D eigenvalue weighted by Gasteiger charge is 2.20. The van der Waals surface area contributed by atoms with E-state index in [0.717, 1.165) is 5.56 Å². The Morgan fingerprint density at radius 1 is 1.00 bits per heavy atom. The SMILES string of the molecule is CCOC(=O)c1cc2c(=O)n3ccccc3nc2n(CCc2ccccc2)c1=NC(=O)COc1ccc(Cl)cc1. The summed E-state index contributed by atoms with van der Waals surface area (Å²) in [5.74, 6) is -0.901. The lowest BCUT2D eigenvalue weighted by Gasteiger charge is -2.15. The summed E-state index contributed by atoms with van der Waals surface area (Å²) >= 11 is 5.92. The minimum atomic E-state index is -0.708. The summed E-state index contributed by atoms with van der Waals surface area (Å²) in [7, 11) is 0. The number of carbonyl (C=O) groups is 2. The van der Waals surface area contributed by atoms with Gasteiger partial charge in [-0.15, -0.1) is 0 Å². The van der Waals surface area contributed by atoms with Crippen LogP contribution in [0.1, 0.15) is 22.8 Å². The van der Waals surface area contributed by atoms with Crippen LogP contribution in [0.2, 0.25) is 5.02 Å². The van der Waals surface area contributed by atoms with Crippen molar-refractivity contribution in [3.8, 4) is 5.75 Å². The number of hydrogen-bond donors (Lipinski definition) is 0. The van der Waals surface area contributed by atoms with E-state index in [1.165, 1.54) is 10.5 Å². The van der Waals surface area contributed by atoms with Gasteiger partial charge in [-0.1, -0.05) is 48.0 Å². The first-order chi connectivity index (χ1) is 19.4. The van der Waals surface area contributed by atoms with Crippen LogP contribution in [0, 0.1) is 0 Å². The standard InChI is InChI=1S/C30H25ClN4O5/c1-2-39-30(38)24-18-23-27(32-25-10-6-7-16-34(25)29(23)37)35(17-15-20-8-4-3-5-9-20)28(24)33-26(36)19-40-22-13-11-21(31)12-14-22/h3-14,16,18H,2,15,17,19H2,1H3. The van der Waals surface area contributed by atoms with Gasteiger partial charge in [0.2, 0.25) is 0 Å². The highest BCUT2D eigenvalue weighted by Crippen LogP contribution is 2.16. The molecule has 0 spiro atoms. The number of fused-ring (bicyclic) bond motifs is 2. The van der Waals surface area contributed by atoms with Gasteiger partial charge in [-0.25, -0.2) is 9.78 Å². The van der Waals surface area contributed by atoms with Crippen LogP contribution < -0.4 is 15.8 Å². The molecule has 3 heterocycles. The zero-order valence-electron chi connectivity index (χ0n) is 21.6. The minimum Gasteiger partial charge on any atom is -0.484 e. The second-order valence-electron chi connectivity index (χ2n) is 8.82. The summed E-state index contributed by atoms with van der Waals surface area (Å²) in [6.45, 7) is 1.68. The van der Waals surface area contributed by atoms with E-state index in [4.69, 9.17) is 26.1 Å². The van der Waals surface area contributed by atoms with E-state index >= 15 is 0 Å². The molecule has 0 fully saturated rings. The average molecular weight is 557 g/mol. The molecule has 0 saturated carbocycles. The van der Waals surface area contributed by atoms with Gasteiger partial charge >= 0.3 is 5.97 Å². The van der Waals surface area contributed by atoms with Gasteiger partial charge in [0.05, 0.1) is 12.0 Å². The number of ether oxygens (including phenoxy) is 2. The van der Waals surface area contributed by atoms with Gasteiger partial charge in [0.25, 0.3) is 11.5 Å². The van der Waals surface area contributed by atoms with Crippen LogP contribution in [0.25, 0.3) is 16.7 Å². The van der Waals surface area contributed by atoms with E-state index in [-0.39, 0.29) is 41.8 Å². The summed E-state index contributed by atoms with van der Waals surface area (Å²) in [5.41, 5.74) is 1.40. The van der Waals surface area contributed by atoms with E-state index in [1.54, 1.807) is 60.2 Å². The van der Waals surface area contributed by atoms with Crippen molar-refractivity contribution in [1.82, 2.24) is 14.0 Å². The molecule has 5 rings (SSSR count). The van der Waals surface area contributed by atoms with Gasteiger partial charge < -0.3 is 14.0 Å². The van der Waals surface area contributed by atoms with Gasteiger partial charge in [-0.3, -0.25) is 14.0 Å². The van der Waals surface area contributed by atoms with E-state index in [1.807, 2.05) is 30.3 Å². The lowest BCUT2D eigenvalue weighted by Crippen LogP contribution is -2.33. The quantitative estimate of drug-likeness (QED) is 0.209. The number of aryl methyl sites for hydroxylation is 2. The normalized spacial score (nSPS) is 11.6. The highest BCUT2D eigenvalue weighted by atomic mass is 35.5. The minimum absolute atomic E-state index is 0.0166. The number of rotatable bonds is 8. The van der Waals surface area contributed by atoms with Crippen molar-refractivity contribution in [2.45, 2.75) is 19.9 Å². The number of amides is 1. The van der Waals surface area contributed by atoms with Crippen molar-refractivity contribution in [3.05, 3.63) is 117 Å². The Labute approximate surface area is 233 Å². The zero-order chi connectivity index (χ0) is 28.1. The van der Waals surface area contributed by atoms with Crippen molar-refractivity contribution in [3.63, 3.8) is 0 Å². The summed E-state index contributed by atoms with van der Waals surface area (Å²) in [6.07, 6.45) is 2.14. The molecule has 0 aliphatic rings. The van der Waals surface area contributed by atoms with Gasteiger partial charge in [0.1, 0.15) is 22.6 Å². The van der Waals surface area contributed by atoms with Crippen LogP contribution in [-0.2, 0) is 22.5 Å². The summed E-state index contributed by atoms with van der Waals surface area (Å²) in [6, 6.07) is 22.9. The monoisotopic (exact) mass is 556 g/mol. The van der Waals surface area contributed by atoms with Gasteiger partial charge in [-0.2, -0.15) is 4.99 Å². The van der Waals surface area contributed by atoms with Crippen LogP contribution in [0.3, 0.4) is 0 Å². The Kier molecular flexibility index (Phi) is 8.02. The number of aromatic nitrogens is 3. The van der Waals surface area contributed by atoms with Gasteiger partial charge in [0.15, 0.2) is 12.1 Å². The predicted octanol–water partition coefficient (Wildman–Crippen LogP) is 4.23. The number of pyridine rings is 2. The zero-order valence-corrected chi connectivity index (χ0v) is 22.4. The van der Waals surface area contributed by atoms with Crippen molar-refractivity contribution in [2.24, 2.45) is 4.99 Å². The van der Waals surface area contributed by atoms with Crippen molar-refractivity contribution < 1.29 is 19.1 Å². The first-order valence-electron chi connectivity index (χ1n) is 12.7. The first kappa shape index (κ1) is 26.8. The number of esters is 1. The van der Waals surface area contributed by atoms with Crippen LogP contribution >= 0.6 is 11.6 Å². The molecule has 0 atom stereocenters. The summed E-state index contributed by atoms with van der Waals surface area (Å²) < 4.78 is 13.9. The van der Waals surface area contributed by atoms with Crippen LogP contribution in [0.15, 0.2) is 94.8 Å². The molecule has 0 unspecified atom stereocenters. The molecular formula is C30H25ClN4O5. The van der Waals surface area contributed by atoms with E-state index < -0.39 is 11.9 Å². The molecule has 0 aliphatic heterocycles. The second kappa shape index (κ2) is 12.0. The number of hydrogen-bond acceptors (Lipinski definition) is 6. The van der Waals surface area contributed by atoms with Crippen molar-refractivity contribution in [1.29, 1.82) is 0 Å². The van der Waals surface area contributed by atoms with Crippen molar-refractivity contribution >= 4 is 40.2 Å². The number of carbonyl (C=O) groups excluding carboxylic acids is 2. The maximum atomic E-state index is 13.5. The lowest BCUT2D eigenvalue weighted by atomic mass is 10.1. The van der Waals surface area contributed by atoms with Crippen molar-refractivity contribution in [2.75, 3.05) is 13.2 Å². The summed E-state index contributed by atoms with van der Waals surface area (Å²) in [5, 5.41) is 0.734. The Morgan fingerprint density at radius 3 is 2.50 bits per heavy atom. The van der Waals surface area contributed by atoms with Crippen LogP contribution in [-0.4, -0.2) is 39.0 Å². The maximum absolute atomic E-state index is 13.5. The third kappa shape index (κ3) is 5.79. The molecule has 2 aromatic carbocycles. The average Bonchev–Trinajstić information content (AvgIpc) is 2.97. The maximum Gasteiger partial charge on any atom is 0.341 e. The molecule has 1 amide bonds. The Balaban J connectivity index is 1.69. The number of nitrogens with zero attached hydrogens (tertiary/aromatic N) is 4. The molecule has 0 saturated heterocycles. The predicted molar refractivity (Wildman–Crippen MR) is 151 cm³/mol. The topological polar surface area (TPSA) is 104 Å². The van der Waals surface area contributed by atoms with Gasteiger partial charge in [0, 0.05) is 17.8 Å². The number of halogens is 1. The fraction of sp³-hybridized carbons (Fsp3) is 0.167. The molecule has 0 bridgehead atoms. The van der Waals surface area contributed by atoms with E-state index in [0.29, 0.717) is 28.5 Å².